The molecule has 8 nitrogen and oxygen atoms in total. The van der Waals surface area contributed by atoms with Gasteiger partial charge in [0.15, 0.2) is 0 Å². The Morgan fingerprint density at radius 1 is 1.56 bits per heavy atom. The number of hydrogen-bond acceptors (Lipinski definition) is 5. The number of nitrogens with zero attached hydrogens (tertiary/aromatic N) is 3. The number of aromatic amines is 1. The molecule has 0 bridgehead atoms. The number of H-pyrrole nitrogens is 1. The summed E-state index contributed by atoms with van der Waals surface area (Å²) in [7, 11) is 0. The molecule has 1 heterocycles. The lowest BCUT2D eigenvalue weighted by Gasteiger charge is -2.17. The summed E-state index contributed by atoms with van der Waals surface area (Å²) >= 11 is 0. The van der Waals surface area contributed by atoms with Crippen LogP contribution in [0.1, 0.15) is 24.3 Å². The van der Waals surface area contributed by atoms with Gasteiger partial charge in [0.2, 0.25) is 5.69 Å². The first-order valence-corrected chi connectivity index (χ1v) is 5.78. The number of likely N-dealkylation sites (N-methyl/N-ethyl adjacent to an activating group) is 1. The SMILES string of the molecule is CCN(CC)CCNC(=O)c1[nH]ncc1[N+](=O)[O-]. The van der Waals surface area contributed by atoms with Crippen LogP contribution in [0.15, 0.2) is 6.20 Å². The predicted octanol–water partition coefficient (Wildman–Crippen LogP) is 0.390. The van der Waals surface area contributed by atoms with Crippen LogP contribution in [0, 0.1) is 10.1 Å². The maximum Gasteiger partial charge on any atom is 0.319 e. The Morgan fingerprint density at radius 3 is 2.78 bits per heavy atom. The van der Waals surface area contributed by atoms with Crippen LogP contribution in [0.2, 0.25) is 0 Å². The van der Waals surface area contributed by atoms with Crippen molar-refractivity contribution >= 4 is 11.6 Å². The lowest BCUT2D eigenvalue weighted by Crippen LogP contribution is -2.35. The van der Waals surface area contributed by atoms with E-state index in [-0.39, 0.29) is 11.4 Å². The predicted molar refractivity (Wildman–Crippen MR) is 65.4 cm³/mol. The van der Waals surface area contributed by atoms with Crippen molar-refractivity contribution in [2.24, 2.45) is 0 Å². The molecule has 100 valence electrons. The highest BCUT2D eigenvalue weighted by atomic mass is 16.6. The monoisotopic (exact) mass is 255 g/mol. The Hall–Kier alpha value is -1.96. The number of nitro groups is 1. The lowest BCUT2D eigenvalue weighted by atomic mass is 10.3. The van der Waals surface area contributed by atoms with Crippen LogP contribution in [-0.4, -0.2) is 52.1 Å². The molecule has 0 unspecified atom stereocenters. The fourth-order valence-corrected chi connectivity index (χ4v) is 1.54. The Morgan fingerprint density at radius 2 is 2.22 bits per heavy atom. The normalized spacial score (nSPS) is 10.6. The van der Waals surface area contributed by atoms with Crippen LogP contribution < -0.4 is 5.32 Å². The van der Waals surface area contributed by atoms with E-state index in [2.05, 4.69) is 20.4 Å². The molecule has 8 heteroatoms. The second-order valence-electron chi connectivity index (χ2n) is 3.67. The van der Waals surface area contributed by atoms with E-state index in [1.54, 1.807) is 0 Å². The van der Waals surface area contributed by atoms with Gasteiger partial charge in [0.1, 0.15) is 6.20 Å². The quantitative estimate of drug-likeness (QED) is 0.541. The summed E-state index contributed by atoms with van der Waals surface area (Å²) in [6.07, 6.45) is 1.03. The Balaban J connectivity index is 2.50. The molecule has 0 atom stereocenters. The van der Waals surface area contributed by atoms with Gasteiger partial charge in [-0.15, -0.1) is 0 Å². The standard InChI is InChI=1S/C10H17N5O3/c1-3-14(4-2)6-5-11-10(16)9-8(15(17)18)7-12-13-9/h7H,3-6H2,1-2H3,(H,11,16)(H,12,13). The van der Waals surface area contributed by atoms with Crippen molar-refractivity contribution in [1.82, 2.24) is 20.4 Å². The molecular formula is C10H17N5O3. The maximum atomic E-state index is 11.7. The molecule has 0 aliphatic carbocycles. The third-order valence-electron chi connectivity index (χ3n) is 2.65. The summed E-state index contributed by atoms with van der Waals surface area (Å²) in [5.74, 6) is -0.508. The first-order chi connectivity index (χ1) is 8.60. The number of nitrogens with one attached hydrogen (secondary N) is 2. The Labute approximate surface area is 105 Å². The van der Waals surface area contributed by atoms with E-state index in [1.807, 2.05) is 13.8 Å². The van der Waals surface area contributed by atoms with Gasteiger partial charge in [-0.05, 0) is 13.1 Å². The van der Waals surface area contributed by atoms with Gasteiger partial charge in [-0.2, -0.15) is 5.10 Å². The largest absolute Gasteiger partial charge is 0.349 e. The fraction of sp³-hybridized carbons (Fsp3) is 0.600. The van der Waals surface area contributed by atoms with Gasteiger partial charge >= 0.3 is 5.69 Å². The second kappa shape index (κ2) is 6.70. The van der Waals surface area contributed by atoms with Gasteiger partial charge in [0.25, 0.3) is 5.91 Å². The Bertz CT molecular complexity index is 413. The van der Waals surface area contributed by atoms with Crippen molar-refractivity contribution in [2.45, 2.75) is 13.8 Å². The van der Waals surface area contributed by atoms with E-state index in [1.165, 1.54) is 0 Å². The molecule has 0 radical (unpaired) electrons. The van der Waals surface area contributed by atoms with E-state index in [0.717, 1.165) is 19.3 Å². The molecule has 1 rings (SSSR count). The lowest BCUT2D eigenvalue weighted by molar-refractivity contribution is -0.385. The molecular weight excluding hydrogens is 238 g/mol. The molecule has 18 heavy (non-hydrogen) atoms. The average Bonchev–Trinajstić information content (AvgIpc) is 2.83. The van der Waals surface area contributed by atoms with Crippen LogP contribution in [0.25, 0.3) is 0 Å². The molecule has 0 spiro atoms. The number of rotatable bonds is 7. The van der Waals surface area contributed by atoms with E-state index in [0.29, 0.717) is 13.1 Å². The summed E-state index contributed by atoms with van der Waals surface area (Å²) in [6.45, 7) is 7.01. The highest BCUT2D eigenvalue weighted by molar-refractivity contribution is 5.95. The Kier molecular flexibility index (Phi) is 5.25. The minimum atomic E-state index is -0.636. The second-order valence-corrected chi connectivity index (χ2v) is 3.67. The minimum Gasteiger partial charge on any atom is -0.349 e. The summed E-state index contributed by atoms with van der Waals surface area (Å²) in [4.78, 5) is 23.8. The summed E-state index contributed by atoms with van der Waals surface area (Å²) in [6, 6.07) is 0. The number of carbonyl (C=O) groups is 1. The van der Waals surface area contributed by atoms with Crippen LogP contribution >= 0.6 is 0 Å². The third kappa shape index (κ3) is 3.52. The molecule has 0 aromatic carbocycles. The van der Waals surface area contributed by atoms with Gasteiger partial charge in [-0.25, -0.2) is 0 Å². The number of hydrogen-bond donors (Lipinski definition) is 2. The maximum absolute atomic E-state index is 11.7. The van der Waals surface area contributed by atoms with Crippen LogP contribution in [-0.2, 0) is 0 Å². The molecule has 0 aliphatic rings. The van der Waals surface area contributed by atoms with Crippen molar-refractivity contribution in [3.05, 3.63) is 22.0 Å². The zero-order valence-electron chi connectivity index (χ0n) is 10.5. The third-order valence-corrected chi connectivity index (χ3v) is 2.65. The molecule has 0 saturated carbocycles. The smallest absolute Gasteiger partial charge is 0.319 e. The molecule has 0 aliphatic heterocycles. The molecule has 0 fully saturated rings. The number of aromatic nitrogens is 2. The number of carbonyl (C=O) groups excluding carboxylic acids is 1. The summed E-state index contributed by atoms with van der Waals surface area (Å²) in [5, 5.41) is 19.1. The van der Waals surface area contributed by atoms with Crippen molar-refractivity contribution in [1.29, 1.82) is 0 Å². The zero-order valence-corrected chi connectivity index (χ0v) is 10.5. The zero-order chi connectivity index (χ0) is 13.5. The van der Waals surface area contributed by atoms with Gasteiger partial charge in [-0.1, -0.05) is 13.8 Å². The molecule has 2 N–H and O–H groups in total. The first-order valence-electron chi connectivity index (χ1n) is 5.78. The topological polar surface area (TPSA) is 104 Å². The van der Waals surface area contributed by atoms with Gasteiger partial charge in [-0.3, -0.25) is 20.0 Å². The van der Waals surface area contributed by atoms with Gasteiger partial charge in [0, 0.05) is 13.1 Å². The highest BCUT2D eigenvalue weighted by Crippen LogP contribution is 2.13. The fourth-order valence-electron chi connectivity index (χ4n) is 1.54. The van der Waals surface area contributed by atoms with Crippen molar-refractivity contribution in [2.75, 3.05) is 26.2 Å². The molecule has 0 saturated heterocycles. The highest BCUT2D eigenvalue weighted by Gasteiger charge is 2.22. The van der Waals surface area contributed by atoms with Crippen LogP contribution in [0.5, 0.6) is 0 Å². The summed E-state index contributed by atoms with van der Waals surface area (Å²) in [5.41, 5.74) is -0.421. The first kappa shape index (κ1) is 14.1. The van der Waals surface area contributed by atoms with E-state index < -0.39 is 10.8 Å². The van der Waals surface area contributed by atoms with Gasteiger partial charge < -0.3 is 10.2 Å². The van der Waals surface area contributed by atoms with Crippen molar-refractivity contribution < 1.29 is 9.72 Å². The van der Waals surface area contributed by atoms with E-state index in [9.17, 15) is 14.9 Å². The molecule has 1 amide bonds. The number of amides is 1. The van der Waals surface area contributed by atoms with Crippen molar-refractivity contribution in [3.8, 4) is 0 Å². The van der Waals surface area contributed by atoms with Gasteiger partial charge in [0.05, 0.1) is 4.92 Å². The minimum absolute atomic E-state index is 0.112. The van der Waals surface area contributed by atoms with E-state index in [4.69, 9.17) is 0 Å². The van der Waals surface area contributed by atoms with Crippen LogP contribution in [0.3, 0.4) is 0 Å². The van der Waals surface area contributed by atoms with Crippen LogP contribution in [0.4, 0.5) is 5.69 Å². The van der Waals surface area contributed by atoms with E-state index >= 15 is 0 Å². The molecule has 1 aromatic heterocycles. The average molecular weight is 255 g/mol. The molecule has 1 aromatic rings. The van der Waals surface area contributed by atoms with Crippen molar-refractivity contribution in [3.63, 3.8) is 0 Å². The summed E-state index contributed by atoms with van der Waals surface area (Å²) < 4.78 is 0.